The molecule has 8 heteroatoms. The van der Waals surface area contributed by atoms with Crippen LogP contribution in [0, 0.1) is 0 Å². The van der Waals surface area contributed by atoms with Gasteiger partial charge in [-0.2, -0.15) is 0 Å². The molecule has 1 aromatic heterocycles. The zero-order valence-electron chi connectivity index (χ0n) is 14.6. The average Bonchev–Trinajstić information content (AvgIpc) is 3.14. The largest absolute Gasteiger partial charge is 0.503 e. The summed E-state index contributed by atoms with van der Waals surface area (Å²) in [5.74, 6) is 0.491. The number of rotatable bonds is 7. The first kappa shape index (κ1) is 18.4. The van der Waals surface area contributed by atoms with E-state index < -0.39 is 5.97 Å². The Bertz CT molecular complexity index is 940. The number of ether oxygens (including phenoxy) is 4. The number of carbonyl (C=O) groups excluding carboxylic acids is 1. The summed E-state index contributed by atoms with van der Waals surface area (Å²) in [6, 6.07) is 16.4. The lowest BCUT2D eigenvalue weighted by atomic mass is 10.1. The lowest BCUT2D eigenvalue weighted by molar-refractivity contribution is -0.133. The number of nitrogens with zero attached hydrogens (tertiary/aromatic N) is 2. The minimum Gasteiger partial charge on any atom is -0.503 e. The van der Waals surface area contributed by atoms with Gasteiger partial charge in [0.1, 0.15) is 17.1 Å². The van der Waals surface area contributed by atoms with E-state index in [0.717, 1.165) is 11.5 Å². The van der Waals surface area contributed by atoms with Crippen molar-refractivity contribution in [3.63, 3.8) is 0 Å². The van der Waals surface area contributed by atoms with Gasteiger partial charge in [-0.15, -0.1) is 9.36 Å². The Morgan fingerprint density at radius 1 is 1.00 bits per heavy atom. The van der Waals surface area contributed by atoms with E-state index in [1.54, 1.807) is 36.4 Å². The zero-order chi connectivity index (χ0) is 19.1. The van der Waals surface area contributed by atoms with Crippen LogP contribution in [0.3, 0.4) is 0 Å². The van der Waals surface area contributed by atoms with Crippen LogP contribution < -0.4 is 9.47 Å². The molecule has 27 heavy (non-hydrogen) atoms. The van der Waals surface area contributed by atoms with E-state index in [2.05, 4.69) is 9.36 Å². The van der Waals surface area contributed by atoms with Crippen molar-refractivity contribution < 1.29 is 23.7 Å². The number of benzene rings is 2. The van der Waals surface area contributed by atoms with Gasteiger partial charge in [-0.05, 0) is 18.2 Å². The summed E-state index contributed by atoms with van der Waals surface area (Å²) < 4.78 is 25.3. The maximum atomic E-state index is 12.0. The van der Waals surface area contributed by atoms with E-state index in [1.165, 1.54) is 20.5 Å². The second-order valence-corrected chi connectivity index (χ2v) is 5.83. The van der Waals surface area contributed by atoms with Crippen molar-refractivity contribution in [3.8, 4) is 22.7 Å². The van der Waals surface area contributed by atoms with E-state index in [9.17, 15) is 4.79 Å². The van der Waals surface area contributed by atoms with Crippen LogP contribution in [0.25, 0.3) is 5.57 Å². The lowest BCUT2D eigenvalue weighted by Gasteiger charge is -2.10. The average molecular weight is 384 g/mol. The van der Waals surface area contributed by atoms with E-state index in [4.69, 9.17) is 18.9 Å². The molecule has 0 atom stereocenters. The third kappa shape index (κ3) is 4.62. The van der Waals surface area contributed by atoms with Gasteiger partial charge in [0.15, 0.2) is 0 Å². The topological polar surface area (TPSA) is 79.8 Å². The molecule has 0 aliphatic heterocycles. The second kappa shape index (κ2) is 8.81. The molecule has 0 radical (unpaired) electrons. The first-order chi connectivity index (χ1) is 13.2. The Balaban J connectivity index is 1.83. The molecule has 0 bridgehead atoms. The number of esters is 1. The van der Waals surface area contributed by atoms with Crippen LogP contribution in [0.4, 0.5) is 0 Å². The minimum atomic E-state index is -0.543. The monoisotopic (exact) mass is 384 g/mol. The first-order valence-corrected chi connectivity index (χ1v) is 8.63. The van der Waals surface area contributed by atoms with Gasteiger partial charge in [0.05, 0.1) is 20.5 Å². The van der Waals surface area contributed by atoms with Crippen molar-refractivity contribution in [2.75, 3.05) is 14.2 Å². The fourth-order valence-electron chi connectivity index (χ4n) is 2.20. The molecular weight excluding hydrogens is 368 g/mol. The molecule has 0 fully saturated rings. The standard InChI is InChI=1S/C19H16N2O5S/c1-23-12-15(17(22)24-2)14-10-6-7-11-16(14)26-19-20-18(21-27-19)25-13-8-4-3-5-9-13/h3-12H,1-2H3. The molecule has 3 rings (SSSR count). The molecule has 0 saturated heterocycles. The SMILES string of the molecule is COC=C(C(=O)OC)c1ccccc1Oc1nc(Oc2ccccc2)ns1. The molecule has 0 aliphatic carbocycles. The summed E-state index contributed by atoms with van der Waals surface area (Å²) in [5, 5.41) is 0.273. The Labute approximate surface area is 160 Å². The molecule has 138 valence electrons. The molecule has 0 aliphatic rings. The maximum absolute atomic E-state index is 12.0. The number of methoxy groups -OCH3 is 2. The Hall–Kier alpha value is -3.39. The van der Waals surface area contributed by atoms with Crippen molar-refractivity contribution in [2.45, 2.75) is 0 Å². The van der Waals surface area contributed by atoms with Crippen LogP contribution in [0.2, 0.25) is 0 Å². The predicted molar refractivity (Wildman–Crippen MR) is 99.9 cm³/mol. The predicted octanol–water partition coefficient (Wildman–Crippen LogP) is 4.28. The van der Waals surface area contributed by atoms with E-state index >= 15 is 0 Å². The number of hydrogen-bond acceptors (Lipinski definition) is 8. The van der Waals surface area contributed by atoms with Crippen LogP contribution >= 0.6 is 11.5 Å². The summed E-state index contributed by atoms with van der Waals surface area (Å²) in [5.41, 5.74) is 0.729. The third-order valence-corrected chi connectivity index (χ3v) is 3.93. The number of aromatic nitrogens is 2. The van der Waals surface area contributed by atoms with Gasteiger partial charge in [-0.1, -0.05) is 36.4 Å². The van der Waals surface area contributed by atoms with Gasteiger partial charge >= 0.3 is 17.2 Å². The quantitative estimate of drug-likeness (QED) is 0.342. The molecule has 0 N–H and O–H groups in total. The van der Waals surface area contributed by atoms with Gasteiger partial charge in [-0.25, -0.2) is 4.79 Å². The van der Waals surface area contributed by atoms with Crippen LogP contribution in [0.15, 0.2) is 60.9 Å². The molecule has 0 saturated carbocycles. The molecule has 0 amide bonds. The number of carbonyl (C=O) groups is 1. The van der Waals surface area contributed by atoms with Crippen molar-refractivity contribution in [1.82, 2.24) is 9.36 Å². The number of hydrogen-bond donors (Lipinski definition) is 0. The Kier molecular flexibility index (Phi) is 6.01. The highest BCUT2D eigenvalue weighted by molar-refractivity contribution is 7.07. The lowest BCUT2D eigenvalue weighted by Crippen LogP contribution is -2.05. The molecule has 0 unspecified atom stereocenters. The summed E-state index contributed by atoms with van der Waals surface area (Å²) in [6.07, 6.45) is 1.30. The molecule has 7 nitrogen and oxygen atoms in total. The summed E-state index contributed by atoms with van der Waals surface area (Å²) >= 11 is 1.04. The highest BCUT2D eigenvalue weighted by atomic mass is 32.1. The van der Waals surface area contributed by atoms with Crippen molar-refractivity contribution in [1.29, 1.82) is 0 Å². The van der Waals surface area contributed by atoms with Gasteiger partial charge in [0.2, 0.25) is 0 Å². The fourth-order valence-corrected chi connectivity index (χ4v) is 2.68. The third-order valence-electron chi connectivity index (χ3n) is 3.36. The normalized spacial score (nSPS) is 11.0. The summed E-state index contributed by atoms with van der Waals surface area (Å²) in [6.45, 7) is 0. The molecule has 3 aromatic rings. The highest BCUT2D eigenvalue weighted by Crippen LogP contribution is 2.33. The fraction of sp³-hybridized carbons (Fsp3) is 0.105. The van der Waals surface area contributed by atoms with Gasteiger partial charge in [0.25, 0.3) is 0 Å². The van der Waals surface area contributed by atoms with E-state index in [-0.39, 0.29) is 16.8 Å². The second-order valence-electron chi connectivity index (χ2n) is 5.12. The van der Waals surface area contributed by atoms with Gasteiger partial charge in [0, 0.05) is 17.1 Å². The van der Waals surface area contributed by atoms with Crippen molar-refractivity contribution >= 4 is 23.1 Å². The zero-order valence-corrected chi connectivity index (χ0v) is 15.4. The molecule has 2 aromatic carbocycles. The van der Waals surface area contributed by atoms with Crippen molar-refractivity contribution in [3.05, 3.63) is 66.4 Å². The van der Waals surface area contributed by atoms with Crippen LogP contribution in [-0.2, 0) is 14.3 Å². The summed E-state index contributed by atoms with van der Waals surface area (Å²) in [4.78, 5) is 16.3. The van der Waals surface area contributed by atoms with Crippen LogP contribution in [0.1, 0.15) is 5.56 Å². The maximum Gasteiger partial charge on any atom is 0.341 e. The first-order valence-electron chi connectivity index (χ1n) is 7.86. The molecule has 0 spiro atoms. The van der Waals surface area contributed by atoms with Gasteiger partial charge < -0.3 is 18.9 Å². The summed E-state index contributed by atoms with van der Waals surface area (Å²) in [7, 11) is 2.75. The minimum absolute atomic E-state index is 0.180. The number of para-hydroxylation sites is 2. The Morgan fingerprint density at radius 2 is 1.74 bits per heavy atom. The van der Waals surface area contributed by atoms with Gasteiger partial charge in [-0.3, -0.25) is 0 Å². The Morgan fingerprint density at radius 3 is 2.48 bits per heavy atom. The van der Waals surface area contributed by atoms with Crippen molar-refractivity contribution in [2.24, 2.45) is 0 Å². The van der Waals surface area contributed by atoms with E-state index in [0.29, 0.717) is 17.1 Å². The van der Waals surface area contributed by atoms with E-state index in [1.807, 2.05) is 18.2 Å². The molecule has 1 heterocycles. The van der Waals surface area contributed by atoms with Crippen LogP contribution in [0.5, 0.6) is 22.7 Å². The highest BCUT2D eigenvalue weighted by Gasteiger charge is 2.19. The van der Waals surface area contributed by atoms with Crippen LogP contribution in [-0.4, -0.2) is 29.5 Å². The molecular formula is C19H16N2O5S. The smallest absolute Gasteiger partial charge is 0.341 e.